The lowest BCUT2D eigenvalue weighted by atomic mass is 10.0. The zero-order valence-electron chi connectivity index (χ0n) is 14.9. The van der Waals surface area contributed by atoms with Gasteiger partial charge in [-0.1, -0.05) is 6.42 Å². The Kier molecular flexibility index (Phi) is 9.25. The van der Waals surface area contributed by atoms with Gasteiger partial charge < -0.3 is 15.5 Å². The minimum atomic E-state index is -0.270. The van der Waals surface area contributed by atoms with Crippen molar-refractivity contribution in [3.05, 3.63) is 34.7 Å². The van der Waals surface area contributed by atoms with Gasteiger partial charge in [-0.2, -0.15) is 0 Å². The van der Waals surface area contributed by atoms with Crippen molar-refractivity contribution in [3.8, 4) is 0 Å². The van der Waals surface area contributed by atoms with Crippen LogP contribution in [0, 0.1) is 12.8 Å². The van der Waals surface area contributed by atoms with E-state index >= 15 is 0 Å². The molecule has 4 N–H and O–H groups in total. The second-order valence-electron chi connectivity index (χ2n) is 6.27. The number of amides is 2. The van der Waals surface area contributed by atoms with E-state index in [-0.39, 0.29) is 49.1 Å². The second kappa shape index (κ2) is 10.7. The summed E-state index contributed by atoms with van der Waals surface area (Å²) in [6.07, 6.45) is 4.83. The number of anilines is 1. The molecule has 1 fully saturated rings. The molecule has 0 radical (unpaired) electrons. The summed E-state index contributed by atoms with van der Waals surface area (Å²) in [5.41, 5.74) is 6.86. The third kappa shape index (κ3) is 5.93. The minimum Gasteiger partial charge on any atom is -0.469 e. The summed E-state index contributed by atoms with van der Waals surface area (Å²) in [5.74, 6) is 0.597. The number of carbonyl (C=O) groups is 2. The SMILES string of the molecule is Cc1occc1C(=O)Nc1nc(CC(=O)NC2CCCC2CN)cs1.Cl.Cl. The first-order valence-electron chi connectivity index (χ1n) is 8.36. The van der Waals surface area contributed by atoms with E-state index < -0.39 is 0 Å². The third-order valence-corrected chi connectivity index (χ3v) is 5.33. The van der Waals surface area contributed by atoms with Crippen molar-refractivity contribution in [1.29, 1.82) is 0 Å². The molecule has 0 bridgehead atoms. The number of carbonyl (C=O) groups excluding carboxylic acids is 2. The molecule has 0 aromatic carbocycles. The van der Waals surface area contributed by atoms with Crippen LogP contribution in [0.15, 0.2) is 22.1 Å². The minimum absolute atomic E-state index is 0. The number of hydrogen-bond donors (Lipinski definition) is 3. The maximum absolute atomic E-state index is 12.2. The molecule has 2 atom stereocenters. The maximum Gasteiger partial charge on any atom is 0.260 e. The molecular formula is C17H24Cl2N4O3S. The Bertz CT molecular complexity index is 765. The van der Waals surface area contributed by atoms with Crippen molar-refractivity contribution in [2.45, 2.75) is 38.6 Å². The van der Waals surface area contributed by atoms with E-state index in [1.807, 2.05) is 0 Å². The Hall–Kier alpha value is -1.61. The van der Waals surface area contributed by atoms with E-state index in [0.717, 1.165) is 19.3 Å². The number of nitrogens with one attached hydrogen (secondary N) is 2. The van der Waals surface area contributed by atoms with Gasteiger partial charge in [-0.15, -0.1) is 36.2 Å². The first kappa shape index (κ1) is 23.4. The summed E-state index contributed by atoms with van der Waals surface area (Å²) in [7, 11) is 0. The van der Waals surface area contributed by atoms with Gasteiger partial charge in [0.25, 0.3) is 5.91 Å². The average molecular weight is 435 g/mol. The maximum atomic E-state index is 12.2. The zero-order chi connectivity index (χ0) is 17.8. The molecular weight excluding hydrogens is 411 g/mol. The van der Waals surface area contributed by atoms with Gasteiger partial charge in [0.15, 0.2) is 5.13 Å². The van der Waals surface area contributed by atoms with Crippen LogP contribution in [0.5, 0.6) is 0 Å². The number of thiazole rings is 1. The number of aryl methyl sites for hydroxylation is 1. The van der Waals surface area contributed by atoms with Gasteiger partial charge in [-0.25, -0.2) is 4.98 Å². The van der Waals surface area contributed by atoms with Crippen molar-refractivity contribution in [2.24, 2.45) is 11.7 Å². The molecule has 2 unspecified atom stereocenters. The van der Waals surface area contributed by atoms with Crippen LogP contribution in [0.4, 0.5) is 5.13 Å². The van der Waals surface area contributed by atoms with Crippen molar-refractivity contribution in [3.63, 3.8) is 0 Å². The Morgan fingerprint density at radius 1 is 1.37 bits per heavy atom. The van der Waals surface area contributed by atoms with Crippen LogP contribution >= 0.6 is 36.2 Å². The molecule has 3 rings (SSSR count). The summed E-state index contributed by atoms with van der Waals surface area (Å²) in [4.78, 5) is 28.7. The van der Waals surface area contributed by atoms with Crippen LogP contribution in [-0.2, 0) is 11.2 Å². The molecule has 27 heavy (non-hydrogen) atoms. The topological polar surface area (TPSA) is 110 Å². The first-order valence-corrected chi connectivity index (χ1v) is 9.24. The molecule has 1 aliphatic carbocycles. The quantitative estimate of drug-likeness (QED) is 0.646. The fourth-order valence-corrected chi connectivity index (χ4v) is 3.87. The van der Waals surface area contributed by atoms with E-state index in [2.05, 4.69) is 15.6 Å². The van der Waals surface area contributed by atoms with E-state index in [9.17, 15) is 9.59 Å². The standard InChI is InChI=1S/C17H22N4O3S.2ClH/c1-10-13(5-6-24-10)16(23)21-17-19-12(9-25-17)7-15(22)20-14-4-2-3-11(14)8-18;;/h5-6,9,11,14H,2-4,7-8,18H2,1H3,(H,20,22)(H,19,21,23);2*1H. The highest BCUT2D eigenvalue weighted by Gasteiger charge is 2.27. The molecule has 2 heterocycles. The van der Waals surface area contributed by atoms with Crippen LogP contribution in [0.2, 0.25) is 0 Å². The van der Waals surface area contributed by atoms with Crippen molar-refractivity contribution >= 4 is 53.1 Å². The molecule has 7 nitrogen and oxygen atoms in total. The molecule has 1 aliphatic rings. The molecule has 2 aromatic rings. The Morgan fingerprint density at radius 3 is 2.81 bits per heavy atom. The van der Waals surface area contributed by atoms with Crippen LogP contribution in [-0.4, -0.2) is 29.4 Å². The Labute approximate surface area is 174 Å². The Balaban J connectivity index is 0.00000182. The number of hydrogen-bond acceptors (Lipinski definition) is 6. The average Bonchev–Trinajstić information content (AvgIpc) is 3.29. The highest BCUT2D eigenvalue weighted by molar-refractivity contribution is 7.14. The van der Waals surface area contributed by atoms with Gasteiger partial charge >= 0.3 is 0 Å². The number of furan rings is 1. The lowest BCUT2D eigenvalue weighted by molar-refractivity contribution is -0.121. The van der Waals surface area contributed by atoms with Crippen LogP contribution < -0.4 is 16.4 Å². The molecule has 2 aromatic heterocycles. The van der Waals surface area contributed by atoms with E-state index in [0.29, 0.717) is 34.6 Å². The molecule has 1 saturated carbocycles. The molecule has 0 aliphatic heterocycles. The highest BCUT2D eigenvalue weighted by atomic mass is 35.5. The van der Waals surface area contributed by atoms with Crippen LogP contribution in [0.25, 0.3) is 0 Å². The lowest BCUT2D eigenvalue weighted by Crippen LogP contribution is -2.40. The van der Waals surface area contributed by atoms with Gasteiger partial charge in [0.2, 0.25) is 5.91 Å². The fourth-order valence-electron chi connectivity index (χ4n) is 3.16. The van der Waals surface area contributed by atoms with Gasteiger partial charge in [-0.05, 0) is 38.3 Å². The third-order valence-electron chi connectivity index (χ3n) is 4.53. The van der Waals surface area contributed by atoms with Crippen molar-refractivity contribution in [1.82, 2.24) is 10.3 Å². The fraction of sp³-hybridized carbons (Fsp3) is 0.471. The highest BCUT2D eigenvalue weighted by Crippen LogP contribution is 2.25. The Morgan fingerprint density at radius 2 is 2.15 bits per heavy atom. The van der Waals surface area contributed by atoms with Gasteiger partial charge in [0.05, 0.1) is 23.9 Å². The summed E-state index contributed by atoms with van der Waals surface area (Å²) in [5, 5.41) is 8.03. The smallest absolute Gasteiger partial charge is 0.260 e. The van der Waals surface area contributed by atoms with Gasteiger partial charge in [0, 0.05) is 11.4 Å². The predicted octanol–water partition coefficient (Wildman–Crippen LogP) is 2.93. The zero-order valence-corrected chi connectivity index (χ0v) is 17.3. The lowest BCUT2D eigenvalue weighted by Gasteiger charge is -2.19. The molecule has 10 heteroatoms. The van der Waals surface area contributed by atoms with Crippen molar-refractivity contribution in [2.75, 3.05) is 11.9 Å². The van der Waals surface area contributed by atoms with E-state index in [1.165, 1.54) is 17.6 Å². The van der Waals surface area contributed by atoms with Gasteiger partial charge in [0.1, 0.15) is 5.76 Å². The molecule has 0 spiro atoms. The molecule has 2 amide bonds. The number of aromatic nitrogens is 1. The van der Waals surface area contributed by atoms with Gasteiger partial charge in [-0.3, -0.25) is 14.9 Å². The number of halogens is 2. The normalized spacial score (nSPS) is 18.3. The predicted molar refractivity (Wildman–Crippen MR) is 110 cm³/mol. The monoisotopic (exact) mass is 434 g/mol. The van der Waals surface area contributed by atoms with Crippen LogP contribution in [0.3, 0.4) is 0 Å². The number of nitrogens with zero attached hydrogens (tertiary/aromatic N) is 1. The number of rotatable bonds is 6. The van der Waals surface area contributed by atoms with Crippen LogP contribution in [0.1, 0.15) is 41.1 Å². The van der Waals surface area contributed by atoms with E-state index in [1.54, 1.807) is 18.4 Å². The largest absolute Gasteiger partial charge is 0.469 e. The van der Waals surface area contributed by atoms with E-state index in [4.69, 9.17) is 10.2 Å². The molecule has 0 saturated heterocycles. The van der Waals surface area contributed by atoms with Crippen molar-refractivity contribution < 1.29 is 14.0 Å². The number of nitrogens with two attached hydrogens (primary N) is 1. The first-order chi connectivity index (χ1) is 12.1. The summed E-state index contributed by atoms with van der Waals surface area (Å²) in [6, 6.07) is 1.78. The molecule has 150 valence electrons. The second-order valence-corrected chi connectivity index (χ2v) is 7.12. The summed E-state index contributed by atoms with van der Waals surface area (Å²) < 4.78 is 5.12. The summed E-state index contributed by atoms with van der Waals surface area (Å²) in [6.45, 7) is 2.33. The summed E-state index contributed by atoms with van der Waals surface area (Å²) >= 11 is 1.30.